The largest absolute Gasteiger partial charge is 0.504 e. The Morgan fingerprint density at radius 2 is 1.96 bits per heavy atom. The summed E-state index contributed by atoms with van der Waals surface area (Å²) in [5, 5.41) is 20.0. The third kappa shape index (κ3) is 2.65. The number of hydrogen-bond acceptors (Lipinski definition) is 6. The maximum absolute atomic E-state index is 10.4. The Balaban J connectivity index is 1.91. The van der Waals surface area contributed by atoms with Crippen LogP contribution in [0.3, 0.4) is 0 Å². The van der Waals surface area contributed by atoms with Gasteiger partial charge < -0.3 is 29.5 Å². The molecule has 2 aliphatic rings. The number of benzene rings is 2. The van der Waals surface area contributed by atoms with Gasteiger partial charge in [0, 0.05) is 12.0 Å². The Morgan fingerprint density at radius 1 is 1.16 bits per heavy atom. The second-order valence-corrected chi connectivity index (χ2v) is 5.78. The van der Waals surface area contributed by atoms with Crippen molar-refractivity contribution in [1.29, 1.82) is 5.41 Å². The molecule has 0 radical (unpaired) electrons. The van der Waals surface area contributed by atoms with Gasteiger partial charge in [-0.2, -0.15) is 0 Å². The van der Waals surface area contributed by atoms with E-state index in [1.54, 1.807) is 18.2 Å². The highest BCUT2D eigenvalue weighted by Crippen LogP contribution is 2.35. The zero-order valence-corrected chi connectivity index (χ0v) is 13.7. The van der Waals surface area contributed by atoms with Crippen molar-refractivity contribution >= 4 is 18.0 Å². The van der Waals surface area contributed by atoms with Crippen LogP contribution < -0.4 is 24.6 Å². The lowest BCUT2D eigenvalue weighted by Gasteiger charge is -2.12. The summed E-state index contributed by atoms with van der Waals surface area (Å²) < 4.78 is 21.6. The van der Waals surface area contributed by atoms with Crippen LogP contribution in [-0.2, 0) is 11.2 Å². The van der Waals surface area contributed by atoms with E-state index in [9.17, 15) is 5.11 Å². The summed E-state index contributed by atoms with van der Waals surface area (Å²) in [6.45, 7) is 0.603. The van der Waals surface area contributed by atoms with Crippen LogP contribution in [0.5, 0.6) is 23.0 Å². The fraction of sp³-hybridized carbons (Fsp3) is 0.211. The molecule has 0 unspecified atom stereocenters. The zero-order chi connectivity index (χ0) is 17.4. The third-order valence-corrected chi connectivity index (χ3v) is 4.31. The maximum Gasteiger partial charge on any atom is 0.231 e. The monoisotopic (exact) mass is 339 g/mol. The number of hydrogen-bond donors (Lipinski definition) is 2. The molecule has 0 saturated heterocycles. The van der Waals surface area contributed by atoms with E-state index in [1.807, 2.05) is 12.1 Å². The van der Waals surface area contributed by atoms with Crippen LogP contribution in [0.2, 0.25) is 0 Å². The summed E-state index contributed by atoms with van der Waals surface area (Å²) in [6.07, 6.45) is 3.81. The first kappa shape index (κ1) is 15.4. The molecule has 0 atom stereocenters. The standard InChI is InChI=1S/C19H17NO5/c1-22-16-3-2-11-6-15(20)13-8-18-17(24-10-25-18)7-12(13)4-5-23-9-14(11)19(16)21/h2-3,6-9,20-21H,4-5,10H2,1H3/b11-6-,14-9+,20-15?. The minimum Gasteiger partial charge on any atom is -0.504 e. The molecule has 25 heavy (non-hydrogen) atoms. The first-order valence-corrected chi connectivity index (χ1v) is 7.88. The molecule has 2 aromatic carbocycles. The van der Waals surface area contributed by atoms with Gasteiger partial charge in [-0.05, 0) is 35.1 Å². The fourth-order valence-electron chi connectivity index (χ4n) is 3.00. The van der Waals surface area contributed by atoms with Crippen LogP contribution in [0.4, 0.5) is 0 Å². The van der Waals surface area contributed by atoms with Gasteiger partial charge in [-0.3, -0.25) is 0 Å². The minimum absolute atomic E-state index is 0.00414. The van der Waals surface area contributed by atoms with E-state index < -0.39 is 0 Å². The summed E-state index contributed by atoms with van der Waals surface area (Å²) >= 11 is 0. The van der Waals surface area contributed by atoms with Crippen molar-refractivity contribution in [1.82, 2.24) is 0 Å². The molecular weight excluding hydrogens is 322 g/mol. The molecule has 2 heterocycles. The van der Waals surface area contributed by atoms with E-state index in [0.29, 0.717) is 46.4 Å². The molecule has 0 fully saturated rings. The van der Waals surface area contributed by atoms with E-state index >= 15 is 0 Å². The third-order valence-electron chi connectivity index (χ3n) is 4.31. The SMILES string of the molecule is COc1ccc2/c(c1O)=C\OCCc1cc3c(cc1C(=N)\C=2)OCO3. The normalized spacial score (nSPS) is 17.9. The van der Waals surface area contributed by atoms with Gasteiger partial charge in [-0.25, -0.2) is 0 Å². The predicted octanol–water partition coefficient (Wildman–Crippen LogP) is 1.29. The number of fused-ring (bicyclic) bond motifs is 3. The molecule has 0 aliphatic carbocycles. The smallest absolute Gasteiger partial charge is 0.231 e. The number of methoxy groups -OCH3 is 1. The van der Waals surface area contributed by atoms with Gasteiger partial charge in [0.1, 0.15) is 0 Å². The molecule has 6 heteroatoms. The molecule has 0 aromatic heterocycles. The topological polar surface area (TPSA) is 81.0 Å². The zero-order valence-electron chi connectivity index (χ0n) is 13.7. The van der Waals surface area contributed by atoms with Gasteiger partial charge in [-0.1, -0.05) is 6.07 Å². The highest BCUT2D eigenvalue weighted by molar-refractivity contribution is 6.20. The molecule has 0 bridgehead atoms. The van der Waals surface area contributed by atoms with Gasteiger partial charge >= 0.3 is 0 Å². The number of phenols is 1. The second-order valence-electron chi connectivity index (χ2n) is 5.78. The quantitative estimate of drug-likeness (QED) is 0.818. The van der Waals surface area contributed by atoms with Crippen LogP contribution >= 0.6 is 0 Å². The predicted molar refractivity (Wildman–Crippen MR) is 91.9 cm³/mol. The molecule has 0 spiro atoms. The molecule has 0 amide bonds. The average Bonchev–Trinajstić information content (AvgIpc) is 3.07. The van der Waals surface area contributed by atoms with E-state index in [-0.39, 0.29) is 12.5 Å². The van der Waals surface area contributed by atoms with Crippen molar-refractivity contribution in [3.8, 4) is 23.0 Å². The molecule has 0 saturated carbocycles. The Morgan fingerprint density at radius 3 is 2.76 bits per heavy atom. The van der Waals surface area contributed by atoms with Crippen LogP contribution in [0.1, 0.15) is 11.1 Å². The number of rotatable bonds is 1. The Labute approximate surface area is 144 Å². The van der Waals surface area contributed by atoms with Crippen molar-refractivity contribution < 1.29 is 24.1 Å². The average molecular weight is 339 g/mol. The summed E-state index contributed by atoms with van der Waals surface area (Å²) in [5.74, 6) is 1.68. The molecular formula is C19H17NO5. The summed E-state index contributed by atoms with van der Waals surface area (Å²) in [7, 11) is 1.49. The summed E-state index contributed by atoms with van der Waals surface area (Å²) in [5.41, 5.74) is 2.05. The summed E-state index contributed by atoms with van der Waals surface area (Å²) in [4.78, 5) is 0. The maximum atomic E-state index is 10.4. The van der Waals surface area contributed by atoms with Gasteiger partial charge in [0.05, 0.1) is 30.9 Å². The highest BCUT2D eigenvalue weighted by atomic mass is 16.7. The van der Waals surface area contributed by atoms with Gasteiger partial charge in [-0.15, -0.1) is 0 Å². The van der Waals surface area contributed by atoms with E-state index in [0.717, 1.165) is 11.1 Å². The van der Waals surface area contributed by atoms with Crippen LogP contribution in [0, 0.1) is 5.41 Å². The van der Waals surface area contributed by atoms with Crippen LogP contribution in [0.15, 0.2) is 24.3 Å². The van der Waals surface area contributed by atoms with E-state index in [4.69, 9.17) is 24.4 Å². The Hall–Kier alpha value is -3.15. The molecule has 4 rings (SSSR count). The number of nitrogens with one attached hydrogen (secondary N) is 1. The van der Waals surface area contributed by atoms with Gasteiger partial charge in [0.25, 0.3) is 0 Å². The van der Waals surface area contributed by atoms with Crippen LogP contribution in [-0.4, -0.2) is 31.3 Å². The Bertz CT molecular complexity index is 980. The number of phenolic OH excluding ortho intramolecular Hbond substituents is 1. The van der Waals surface area contributed by atoms with Crippen molar-refractivity contribution in [3.05, 3.63) is 45.8 Å². The minimum atomic E-state index is -0.00414. The first-order valence-electron chi connectivity index (χ1n) is 7.88. The fourth-order valence-corrected chi connectivity index (χ4v) is 3.00. The highest BCUT2D eigenvalue weighted by Gasteiger charge is 2.19. The first-order chi connectivity index (χ1) is 12.2. The molecule has 128 valence electrons. The number of ether oxygens (including phenoxy) is 4. The van der Waals surface area contributed by atoms with Gasteiger partial charge in [0.2, 0.25) is 6.79 Å². The molecule has 2 aliphatic heterocycles. The molecule has 6 nitrogen and oxygen atoms in total. The molecule has 2 aromatic rings. The van der Waals surface area contributed by atoms with E-state index in [2.05, 4.69) is 0 Å². The second kappa shape index (κ2) is 6.05. The van der Waals surface area contributed by atoms with Gasteiger partial charge in [0.15, 0.2) is 23.0 Å². The van der Waals surface area contributed by atoms with Crippen molar-refractivity contribution in [2.45, 2.75) is 6.42 Å². The van der Waals surface area contributed by atoms with E-state index in [1.165, 1.54) is 13.4 Å². The van der Waals surface area contributed by atoms with Crippen molar-refractivity contribution in [3.63, 3.8) is 0 Å². The van der Waals surface area contributed by atoms with Crippen molar-refractivity contribution in [2.75, 3.05) is 20.5 Å². The Kier molecular flexibility index (Phi) is 3.72. The summed E-state index contributed by atoms with van der Waals surface area (Å²) in [6, 6.07) is 7.18. The lowest BCUT2D eigenvalue weighted by atomic mass is 9.98. The lowest BCUT2D eigenvalue weighted by Crippen LogP contribution is -2.27. The van der Waals surface area contributed by atoms with Crippen molar-refractivity contribution in [2.24, 2.45) is 0 Å². The van der Waals surface area contributed by atoms with Crippen LogP contribution in [0.25, 0.3) is 12.3 Å². The number of aromatic hydroxyl groups is 1. The molecule has 2 N–H and O–H groups in total. The lowest BCUT2D eigenvalue weighted by molar-refractivity contribution is 0.174.